The second-order valence-electron chi connectivity index (χ2n) is 3.52. The van der Waals surface area contributed by atoms with Crippen LogP contribution in [0.1, 0.15) is 26.3 Å². The van der Waals surface area contributed by atoms with Gasteiger partial charge in [-0.25, -0.2) is 0 Å². The van der Waals surface area contributed by atoms with Crippen molar-refractivity contribution in [2.75, 3.05) is 0 Å². The Balaban J connectivity index is 2.55. The third-order valence-electron chi connectivity index (χ3n) is 2.44. The number of ketones is 1. The minimum absolute atomic E-state index is 0.238. The molecule has 2 aromatic carbocycles. The summed E-state index contributed by atoms with van der Waals surface area (Å²) in [6.07, 6.45) is 0.641. The Bertz CT molecular complexity index is 562. The van der Waals surface area contributed by atoms with Crippen molar-refractivity contribution in [1.82, 2.24) is 0 Å². The van der Waals surface area contributed by atoms with E-state index < -0.39 is 0 Å². The van der Waals surface area contributed by atoms with Crippen molar-refractivity contribution >= 4 is 23.7 Å². The SMILES string of the molecule is O=Cc1cccc(Cl)c1C(=O)c1ccccc1. The smallest absolute Gasteiger partial charge is 0.195 e. The number of benzene rings is 2. The Morgan fingerprint density at radius 3 is 2.35 bits per heavy atom. The molecule has 2 aromatic rings. The molecular formula is C14H9ClO2. The Morgan fingerprint density at radius 2 is 1.71 bits per heavy atom. The Hall–Kier alpha value is -1.93. The van der Waals surface area contributed by atoms with Crippen LogP contribution in [0.25, 0.3) is 0 Å². The van der Waals surface area contributed by atoms with Crippen LogP contribution in [0.2, 0.25) is 5.02 Å². The number of aldehydes is 1. The van der Waals surface area contributed by atoms with E-state index in [0.29, 0.717) is 22.4 Å². The molecule has 0 spiro atoms. The van der Waals surface area contributed by atoms with Crippen LogP contribution >= 0.6 is 11.6 Å². The molecule has 0 N–H and O–H groups in total. The van der Waals surface area contributed by atoms with Crippen molar-refractivity contribution in [2.24, 2.45) is 0 Å². The Morgan fingerprint density at radius 1 is 1.00 bits per heavy atom. The maximum Gasteiger partial charge on any atom is 0.195 e. The summed E-state index contributed by atoms with van der Waals surface area (Å²) < 4.78 is 0. The molecule has 0 amide bonds. The van der Waals surface area contributed by atoms with Crippen molar-refractivity contribution in [1.29, 1.82) is 0 Å². The molecule has 2 rings (SSSR count). The second-order valence-corrected chi connectivity index (χ2v) is 3.92. The average molecular weight is 245 g/mol. The van der Waals surface area contributed by atoms with Crippen LogP contribution in [0, 0.1) is 0 Å². The molecule has 0 unspecified atom stereocenters. The van der Waals surface area contributed by atoms with Crippen LogP contribution in [0.3, 0.4) is 0 Å². The first-order valence-corrected chi connectivity index (χ1v) is 5.45. The lowest BCUT2D eigenvalue weighted by Gasteiger charge is -2.06. The van der Waals surface area contributed by atoms with Crippen molar-refractivity contribution in [3.8, 4) is 0 Å². The molecule has 2 nitrogen and oxygen atoms in total. The monoisotopic (exact) mass is 244 g/mol. The second kappa shape index (κ2) is 4.93. The highest BCUT2D eigenvalue weighted by Crippen LogP contribution is 2.22. The molecule has 0 heterocycles. The predicted molar refractivity (Wildman–Crippen MR) is 66.7 cm³/mol. The number of hydrogen-bond acceptors (Lipinski definition) is 2. The summed E-state index contributed by atoms with van der Waals surface area (Å²) >= 11 is 5.97. The maximum atomic E-state index is 12.2. The van der Waals surface area contributed by atoms with Crippen LogP contribution in [-0.2, 0) is 0 Å². The summed E-state index contributed by atoms with van der Waals surface area (Å²) in [4.78, 5) is 23.1. The van der Waals surface area contributed by atoms with Gasteiger partial charge in [0, 0.05) is 11.1 Å². The van der Waals surface area contributed by atoms with Crippen molar-refractivity contribution < 1.29 is 9.59 Å². The molecule has 0 radical (unpaired) electrons. The first kappa shape index (κ1) is 11.6. The van der Waals surface area contributed by atoms with Gasteiger partial charge >= 0.3 is 0 Å². The highest BCUT2D eigenvalue weighted by atomic mass is 35.5. The first-order chi connectivity index (χ1) is 8.24. The van der Waals surface area contributed by atoms with Gasteiger partial charge in [-0.2, -0.15) is 0 Å². The van der Waals surface area contributed by atoms with Crippen LogP contribution in [0.4, 0.5) is 0 Å². The highest BCUT2D eigenvalue weighted by molar-refractivity contribution is 6.35. The molecule has 0 saturated carbocycles. The zero-order valence-corrected chi connectivity index (χ0v) is 9.65. The zero-order chi connectivity index (χ0) is 12.3. The third-order valence-corrected chi connectivity index (χ3v) is 2.75. The number of carbonyl (C=O) groups excluding carboxylic acids is 2. The maximum absolute atomic E-state index is 12.2. The van der Waals surface area contributed by atoms with Crippen LogP contribution in [-0.4, -0.2) is 12.1 Å². The average Bonchev–Trinajstić information content (AvgIpc) is 2.38. The Kier molecular flexibility index (Phi) is 3.35. The fourth-order valence-electron chi connectivity index (χ4n) is 1.61. The summed E-state index contributed by atoms with van der Waals surface area (Å²) in [5, 5.41) is 0.295. The summed E-state index contributed by atoms with van der Waals surface area (Å²) in [6.45, 7) is 0. The standard InChI is InChI=1S/C14H9ClO2/c15-12-8-4-7-11(9-16)13(12)14(17)10-5-2-1-3-6-10/h1-9H. The molecule has 0 fully saturated rings. The fourth-order valence-corrected chi connectivity index (χ4v) is 1.88. The normalized spacial score (nSPS) is 9.94. The molecule has 0 saturated heterocycles. The number of halogens is 1. The number of carbonyl (C=O) groups is 2. The van der Waals surface area contributed by atoms with E-state index in [1.807, 2.05) is 6.07 Å². The number of hydrogen-bond donors (Lipinski definition) is 0. The molecule has 0 atom stereocenters. The summed E-state index contributed by atoms with van der Waals surface area (Å²) in [5.74, 6) is -0.238. The third kappa shape index (κ3) is 2.27. The van der Waals surface area contributed by atoms with Crippen LogP contribution in [0.5, 0.6) is 0 Å². The molecule has 0 aliphatic carbocycles. The first-order valence-electron chi connectivity index (χ1n) is 5.07. The van der Waals surface area contributed by atoms with E-state index in [1.54, 1.807) is 42.5 Å². The lowest BCUT2D eigenvalue weighted by atomic mass is 9.99. The molecule has 0 aliphatic rings. The Labute approximate surface area is 104 Å². The zero-order valence-electron chi connectivity index (χ0n) is 8.89. The van der Waals surface area contributed by atoms with E-state index >= 15 is 0 Å². The topological polar surface area (TPSA) is 34.1 Å². The van der Waals surface area contributed by atoms with Gasteiger partial charge in [0.2, 0.25) is 0 Å². The minimum atomic E-state index is -0.238. The van der Waals surface area contributed by atoms with Crippen LogP contribution in [0.15, 0.2) is 48.5 Å². The van der Waals surface area contributed by atoms with E-state index in [-0.39, 0.29) is 11.3 Å². The van der Waals surface area contributed by atoms with Gasteiger partial charge in [-0.1, -0.05) is 54.1 Å². The van der Waals surface area contributed by atoms with Crippen molar-refractivity contribution in [3.05, 3.63) is 70.2 Å². The lowest BCUT2D eigenvalue weighted by molar-refractivity contribution is 0.102. The minimum Gasteiger partial charge on any atom is -0.298 e. The molecular weight excluding hydrogens is 236 g/mol. The van der Waals surface area contributed by atoms with E-state index in [1.165, 1.54) is 0 Å². The summed E-state index contributed by atoms with van der Waals surface area (Å²) in [7, 11) is 0. The van der Waals surface area contributed by atoms with Gasteiger partial charge in [-0.3, -0.25) is 9.59 Å². The predicted octanol–water partition coefficient (Wildman–Crippen LogP) is 3.38. The summed E-state index contributed by atoms with van der Waals surface area (Å²) in [5.41, 5.74) is 1.09. The van der Waals surface area contributed by atoms with Gasteiger partial charge in [0.15, 0.2) is 12.1 Å². The van der Waals surface area contributed by atoms with Gasteiger partial charge < -0.3 is 0 Å². The van der Waals surface area contributed by atoms with Gasteiger partial charge in [0.05, 0.1) is 10.6 Å². The summed E-state index contributed by atoms with van der Waals surface area (Å²) in [6, 6.07) is 13.6. The van der Waals surface area contributed by atoms with Gasteiger partial charge in [0.1, 0.15) is 0 Å². The van der Waals surface area contributed by atoms with Crippen molar-refractivity contribution in [2.45, 2.75) is 0 Å². The largest absolute Gasteiger partial charge is 0.298 e. The van der Waals surface area contributed by atoms with E-state index in [4.69, 9.17) is 11.6 Å². The molecule has 0 bridgehead atoms. The van der Waals surface area contributed by atoms with E-state index in [0.717, 1.165) is 0 Å². The van der Waals surface area contributed by atoms with Crippen molar-refractivity contribution in [3.63, 3.8) is 0 Å². The quantitative estimate of drug-likeness (QED) is 0.613. The highest BCUT2D eigenvalue weighted by Gasteiger charge is 2.16. The van der Waals surface area contributed by atoms with Gasteiger partial charge in [0.25, 0.3) is 0 Å². The number of rotatable bonds is 3. The lowest BCUT2D eigenvalue weighted by Crippen LogP contribution is -2.05. The molecule has 3 heteroatoms. The van der Waals surface area contributed by atoms with Crippen LogP contribution < -0.4 is 0 Å². The van der Waals surface area contributed by atoms with E-state index in [2.05, 4.69) is 0 Å². The van der Waals surface area contributed by atoms with E-state index in [9.17, 15) is 9.59 Å². The molecule has 17 heavy (non-hydrogen) atoms. The molecule has 0 aromatic heterocycles. The molecule has 84 valence electrons. The fraction of sp³-hybridized carbons (Fsp3) is 0. The van der Waals surface area contributed by atoms with Gasteiger partial charge in [-0.05, 0) is 6.07 Å². The molecule has 0 aliphatic heterocycles. The van der Waals surface area contributed by atoms with Gasteiger partial charge in [-0.15, -0.1) is 0 Å².